The maximum Gasteiger partial charge on any atom is 0.129 e. The molecule has 2 aromatic carbocycles. The Kier molecular flexibility index (Phi) is 3.39. The first-order valence-corrected chi connectivity index (χ1v) is 6.85. The minimum atomic E-state index is -0.485. The van der Waals surface area contributed by atoms with Gasteiger partial charge in [0.25, 0.3) is 0 Å². The molecule has 2 N–H and O–H groups in total. The van der Waals surface area contributed by atoms with E-state index in [2.05, 4.69) is 15.9 Å². The maximum absolute atomic E-state index is 13.9. The van der Waals surface area contributed by atoms with Crippen LogP contribution in [0.25, 0.3) is 0 Å². The Balaban J connectivity index is 2.02. The molecular weight excluding hydrogens is 309 g/mol. The summed E-state index contributed by atoms with van der Waals surface area (Å²) >= 11 is 3.36. The van der Waals surface area contributed by atoms with Crippen molar-refractivity contribution in [2.24, 2.45) is 5.73 Å². The molecule has 1 aliphatic heterocycles. The summed E-state index contributed by atoms with van der Waals surface area (Å²) in [6.07, 6.45) is 0. The van der Waals surface area contributed by atoms with E-state index in [1.165, 1.54) is 11.6 Å². The van der Waals surface area contributed by atoms with E-state index in [0.717, 1.165) is 11.1 Å². The monoisotopic (exact) mass is 321 g/mol. The molecule has 98 valence electrons. The highest BCUT2D eigenvalue weighted by molar-refractivity contribution is 9.10. The Morgan fingerprint density at radius 1 is 1.16 bits per heavy atom. The number of benzene rings is 2. The molecule has 0 aliphatic carbocycles. The number of ether oxygens (including phenoxy) is 1. The van der Waals surface area contributed by atoms with Gasteiger partial charge >= 0.3 is 0 Å². The number of fused-ring (bicyclic) bond motifs is 1. The van der Waals surface area contributed by atoms with Crippen LogP contribution in [0.2, 0.25) is 0 Å². The van der Waals surface area contributed by atoms with Gasteiger partial charge in [0.05, 0.1) is 19.3 Å². The largest absolute Gasteiger partial charge is 0.372 e. The average molecular weight is 322 g/mol. The molecular formula is C15H13BrFNO. The van der Waals surface area contributed by atoms with E-state index in [1.807, 2.05) is 18.2 Å². The van der Waals surface area contributed by atoms with Gasteiger partial charge < -0.3 is 10.5 Å². The number of hydrogen-bond acceptors (Lipinski definition) is 2. The zero-order valence-electron chi connectivity index (χ0n) is 10.2. The summed E-state index contributed by atoms with van der Waals surface area (Å²) in [6.45, 7) is 1.25. The Hall–Kier alpha value is -1.23. The lowest BCUT2D eigenvalue weighted by Gasteiger charge is -2.16. The topological polar surface area (TPSA) is 35.2 Å². The van der Waals surface area contributed by atoms with E-state index < -0.39 is 6.04 Å². The van der Waals surface area contributed by atoms with Gasteiger partial charge in [-0.2, -0.15) is 0 Å². The van der Waals surface area contributed by atoms with Gasteiger partial charge in [0.15, 0.2) is 0 Å². The molecule has 1 heterocycles. The summed E-state index contributed by atoms with van der Waals surface area (Å²) in [5, 5.41) is 0. The van der Waals surface area contributed by atoms with Gasteiger partial charge in [0.1, 0.15) is 5.82 Å². The van der Waals surface area contributed by atoms with Crippen LogP contribution in [0, 0.1) is 5.82 Å². The second-order valence-electron chi connectivity index (χ2n) is 4.63. The van der Waals surface area contributed by atoms with Gasteiger partial charge in [-0.1, -0.05) is 40.2 Å². The molecule has 0 aromatic heterocycles. The minimum Gasteiger partial charge on any atom is -0.372 e. The van der Waals surface area contributed by atoms with Crippen molar-refractivity contribution in [3.8, 4) is 0 Å². The molecule has 0 amide bonds. The molecule has 0 saturated carbocycles. The molecule has 3 rings (SSSR count). The first-order valence-electron chi connectivity index (χ1n) is 6.06. The highest BCUT2D eigenvalue weighted by atomic mass is 79.9. The smallest absolute Gasteiger partial charge is 0.129 e. The predicted octanol–water partition coefficient (Wildman–Crippen LogP) is 3.67. The lowest BCUT2D eigenvalue weighted by atomic mass is 9.96. The summed E-state index contributed by atoms with van der Waals surface area (Å²) < 4.78 is 20.0. The van der Waals surface area contributed by atoms with E-state index in [-0.39, 0.29) is 5.82 Å². The standard InChI is InChI=1S/C15H13BrFNO/c16-12-2-1-3-13(17)14(12)15(18)9-4-5-10-7-19-8-11(10)6-9/h1-6,15H,7-8,18H2. The Morgan fingerprint density at radius 3 is 2.74 bits per heavy atom. The zero-order chi connectivity index (χ0) is 13.4. The molecule has 1 aliphatic rings. The van der Waals surface area contributed by atoms with Gasteiger partial charge in [-0.25, -0.2) is 4.39 Å². The number of rotatable bonds is 2. The number of halogens is 2. The van der Waals surface area contributed by atoms with Crippen molar-refractivity contribution < 1.29 is 9.13 Å². The number of hydrogen-bond donors (Lipinski definition) is 1. The minimum absolute atomic E-state index is 0.293. The van der Waals surface area contributed by atoms with Crippen LogP contribution in [-0.4, -0.2) is 0 Å². The lowest BCUT2D eigenvalue weighted by Crippen LogP contribution is -2.14. The fraction of sp³-hybridized carbons (Fsp3) is 0.200. The van der Waals surface area contributed by atoms with Gasteiger partial charge in [-0.3, -0.25) is 0 Å². The lowest BCUT2D eigenvalue weighted by molar-refractivity contribution is 0.134. The van der Waals surface area contributed by atoms with Gasteiger partial charge in [0, 0.05) is 10.0 Å². The van der Waals surface area contributed by atoms with Gasteiger partial charge in [0.2, 0.25) is 0 Å². The van der Waals surface area contributed by atoms with Crippen molar-refractivity contribution in [3.05, 3.63) is 68.9 Å². The summed E-state index contributed by atoms with van der Waals surface area (Å²) in [7, 11) is 0. The third kappa shape index (κ3) is 2.31. The van der Waals surface area contributed by atoms with E-state index in [0.29, 0.717) is 23.2 Å². The third-order valence-electron chi connectivity index (χ3n) is 3.42. The van der Waals surface area contributed by atoms with E-state index in [9.17, 15) is 4.39 Å². The van der Waals surface area contributed by atoms with Crippen LogP contribution in [0.4, 0.5) is 4.39 Å². The quantitative estimate of drug-likeness (QED) is 0.916. The second-order valence-corrected chi connectivity index (χ2v) is 5.49. The van der Waals surface area contributed by atoms with Gasteiger partial charge in [-0.05, 0) is 28.8 Å². The molecule has 19 heavy (non-hydrogen) atoms. The molecule has 2 aromatic rings. The van der Waals surface area contributed by atoms with E-state index >= 15 is 0 Å². The predicted molar refractivity (Wildman–Crippen MR) is 75.1 cm³/mol. The summed E-state index contributed by atoms with van der Waals surface area (Å²) in [5.41, 5.74) is 9.91. The normalized spacial score (nSPS) is 15.3. The van der Waals surface area contributed by atoms with Gasteiger partial charge in [-0.15, -0.1) is 0 Å². The molecule has 0 fully saturated rings. The Morgan fingerprint density at radius 2 is 1.95 bits per heavy atom. The Labute approximate surface area is 119 Å². The van der Waals surface area contributed by atoms with Crippen LogP contribution in [0.15, 0.2) is 40.9 Å². The molecule has 0 saturated heterocycles. The molecule has 0 radical (unpaired) electrons. The Bertz CT molecular complexity index is 609. The van der Waals surface area contributed by atoms with E-state index in [4.69, 9.17) is 10.5 Å². The summed E-state index contributed by atoms with van der Waals surface area (Å²) in [6, 6.07) is 10.4. The maximum atomic E-state index is 13.9. The van der Waals surface area contributed by atoms with Crippen molar-refractivity contribution in [1.82, 2.24) is 0 Å². The van der Waals surface area contributed by atoms with E-state index in [1.54, 1.807) is 12.1 Å². The molecule has 1 unspecified atom stereocenters. The fourth-order valence-corrected chi connectivity index (χ4v) is 2.95. The fourth-order valence-electron chi connectivity index (χ4n) is 2.36. The second kappa shape index (κ2) is 5.04. The SMILES string of the molecule is NC(c1ccc2c(c1)COC2)c1c(F)cccc1Br. The van der Waals surface area contributed by atoms with Crippen LogP contribution >= 0.6 is 15.9 Å². The molecule has 0 bridgehead atoms. The highest BCUT2D eigenvalue weighted by Crippen LogP contribution is 2.31. The first kappa shape index (κ1) is 12.8. The van der Waals surface area contributed by atoms with Crippen LogP contribution < -0.4 is 5.73 Å². The van der Waals surface area contributed by atoms with Crippen molar-refractivity contribution in [1.29, 1.82) is 0 Å². The summed E-state index contributed by atoms with van der Waals surface area (Å²) in [4.78, 5) is 0. The zero-order valence-corrected chi connectivity index (χ0v) is 11.8. The van der Waals surface area contributed by atoms with Crippen molar-refractivity contribution in [2.75, 3.05) is 0 Å². The summed E-state index contributed by atoms with van der Waals surface area (Å²) in [5.74, 6) is -0.293. The molecule has 4 heteroatoms. The van der Waals surface area contributed by atoms with Crippen molar-refractivity contribution in [2.45, 2.75) is 19.3 Å². The molecule has 1 atom stereocenters. The third-order valence-corrected chi connectivity index (χ3v) is 4.11. The first-order chi connectivity index (χ1) is 9.16. The van der Waals surface area contributed by atoms with Crippen LogP contribution in [0.3, 0.4) is 0 Å². The van der Waals surface area contributed by atoms with Crippen molar-refractivity contribution in [3.63, 3.8) is 0 Å². The average Bonchev–Trinajstić information content (AvgIpc) is 2.85. The van der Waals surface area contributed by atoms with Crippen LogP contribution in [0.5, 0.6) is 0 Å². The molecule has 0 spiro atoms. The van der Waals surface area contributed by atoms with Crippen LogP contribution in [-0.2, 0) is 18.0 Å². The number of nitrogens with two attached hydrogens (primary N) is 1. The molecule has 2 nitrogen and oxygen atoms in total. The highest BCUT2D eigenvalue weighted by Gasteiger charge is 2.19. The van der Waals surface area contributed by atoms with Crippen LogP contribution in [0.1, 0.15) is 28.3 Å². The van der Waals surface area contributed by atoms with Crippen molar-refractivity contribution >= 4 is 15.9 Å².